The smallest absolute Gasteiger partial charge is 0.321 e. The van der Waals surface area contributed by atoms with Crippen LogP contribution >= 0.6 is 11.6 Å². The van der Waals surface area contributed by atoms with E-state index >= 15 is 0 Å². The second-order valence-corrected chi connectivity index (χ2v) is 10.3. The molecule has 2 aliphatic carbocycles. The number of benzene rings is 1. The average molecular weight is 476 g/mol. The molecule has 180 valence electrons. The molecular weight excluding hydrogens is 442 g/mol. The summed E-state index contributed by atoms with van der Waals surface area (Å²) < 4.78 is 4.82. The Bertz CT molecular complexity index is 940. The Morgan fingerprint density at radius 3 is 2.48 bits per heavy atom. The number of anilines is 1. The lowest BCUT2D eigenvalue weighted by molar-refractivity contribution is -0.150. The molecule has 0 spiro atoms. The van der Waals surface area contributed by atoms with Gasteiger partial charge in [0.25, 0.3) is 0 Å². The van der Waals surface area contributed by atoms with Gasteiger partial charge in [0.1, 0.15) is 5.41 Å². The molecule has 1 aromatic rings. The van der Waals surface area contributed by atoms with Crippen molar-refractivity contribution < 1.29 is 19.1 Å². The van der Waals surface area contributed by atoms with Crippen molar-refractivity contribution in [1.82, 2.24) is 9.80 Å². The third-order valence-electron chi connectivity index (χ3n) is 7.58. The largest absolute Gasteiger partial charge is 0.468 e. The topological polar surface area (TPSA) is 79.0 Å². The van der Waals surface area contributed by atoms with Crippen molar-refractivity contribution in [2.45, 2.75) is 65.0 Å². The molecule has 1 N–H and O–H groups in total. The van der Waals surface area contributed by atoms with Gasteiger partial charge < -0.3 is 15.0 Å². The summed E-state index contributed by atoms with van der Waals surface area (Å²) in [6.07, 6.45) is 5.38. The van der Waals surface area contributed by atoms with Crippen LogP contribution in [0.3, 0.4) is 0 Å². The zero-order valence-electron chi connectivity index (χ0n) is 19.8. The van der Waals surface area contributed by atoms with Gasteiger partial charge in [-0.3, -0.25) is 19.3 Å². The molecule has 4 rings (SSSR count). The minimum atomic E-state index is -1.07. The number of piperazine rings is 1. The summed E-state index contributed by atoms with van der Waals surface area (Å²) in [5.41, 5.74) is 1.52. The molecule has 1 unspecified atom stereocenters. The standard InChI is InChI=1S/C25H34ClN3O4/c1-16-14-28(10-11-29(16)22(30)18-6-4-5-7-18)15-19-12-20(26)13-21(17(19)2)27-23(31)25(8-9-25)24(32)33-3/h12-13,16,18H,4-11,14-15H2,1-3H3,(H,27,31). The van der Waals surface area contributed by atoms with E-state index in [0.29, 0.717) is 36.0 Å². The lowest BCUT2D eigenvalue weighted by atomic mass is 10.0. The summed E-state index contributed by atoms with van der Waals surface area (Å²) in [6.45, 7) is 7.12. The molecule has 33 heavy (non-hydrogen) atoms. The van der Waals surface area contributed by atoms with E-state index in [1.807, 2.05) is 13.0 Å². The van der Waals surface area contributed by atoms with Gasteiger partial charge >= 0.3 is 5.97 Å². The predicted octanol–water partition coefficient (Wildman–Crippen LogP) is 3.76. The zero-order chi connectivity index (χ0) is 23.8. The average Bonchev–Trinajstić information content (AvgIpc) is 3.42. The van der Waals surface area contributed by atoms with Crippen LogP contribution in [0.2, 0.25) is 5.02 Å². The lowest BCUT2D eigenvalue weighted by Gasteiger charge is -2.41. The minimum Gasteiger partial charge on any atom is -0.468 e. The highest BCUT2D eigenvalue weighted by atomic mass is 35.5. The molecular formula is C25H34ClN3O4. The van der Waals surface area contributed by atoms with Crippen LogP contribution < -0.4 is 5.32 Å². The van der Waals surface area contributed by atoms with Gasteiger partial charge in [-0.25, -0.2) is 0 Å². The Morgan fingerprint density at radius 1 is 1.18 bits per heavy atom. The monoisotopic (exact) mass is 475 g/mol. The van der Waals surface area contributed by atoms with Crippen LogP contribution in [0.25, 0.3) is 0 Å². The fourth-order valence-electron chi connectivity index (χ4n) is 5.27. The fraction of sp³-hybridized carbons (Fsp3) is 0.640. The number of rotatable bonds is 6. The van der Waals surface area contributed by atoms with E-state index in [1.54, 1.807) is 6.07 Å². The summed E-state index contributed by atoms with van der Waals surface area (Å²) in [5.74, 6) is -0.291. The van der Waals surface area contributed by atoms with Gasteiger partial charge in [0, 0.05) is 48.8 Å². The van der Waals surface area contributed by atoms with Gasteiger partial charge in [-0.1, -0.05) is 24.4 Å². The summed E-state index contributed by atoms with van der Waals surface area (Å²) >= 11 is 6.39. The number of ether oxygens (including phenoxy) is 1. The molecule has 1 aromatic carbocycles. The molecule has 1 aliphatic heterocycles. The number of carbonyl (C=O) groups excluding carboxylic acids is 3. The highest BCUT2D eigenvalue weighted by Gasteiger charge is 2.57. The van der Waals surface area contributed by atoms with Gasteiger partial charge in [0.15, 0.2) is 0 Å². The van der Waals surface area contributed by atoms with E-state index in [1.165, 1.54) is 20.0 Å². The summed E-state index contributed by atoms with van der Waals surface area (Å²) in [7, 11) is 1.31. The number of hydrogen-bond acceptors (Lipinski definition) is 5. The predicted molar refractivity (Wildman–Crippen MR) is 127 cm³/mol. The van der Waals surface area contributed by atoms with E-state index in [4.69, 9.17) is 16.3 Å². The molecule has 3 aliphatic rings. The SMILES string of the molecule is COC(=O)C1(C(=O)Nc2cc(Cl)cc(CN3CCN(C(=O)C4CCCC4)C(C)C3)c2C)CC1. The number of methoxy groups -OCH3 is 1. The van der Waals surface area contributed by atoms with Gasteiger partial charge in [-0.15, -0.1) is 0 Å². The Balaban J connectivity index is 1.42. The fourth-order valence-corrected chi connectivity index (χ4v) is 5.51. The van der Waals surface area contributed by atoms with Crippen LogP contribution in [0.5, 0.6) is 0 Å². The van der Waals surface area contributed by atoms with Crippen LogP contribution in [0.4, 0.5) is 5.69 Å². The maximum Gasteiger partial charge on any atom is 0.321 e. The van der Waals surface area contributed by atoms with Gasteiger partial charge in [-0.05, 0) is 62.8 Å². The van der Waals surface area contributed by atoms with Crippen LogP contribution in [0.1, 0.15) is 56.6 Å². The van der Waals surface area contributed by atoms with Crippen molar-refractivity contribution in [3.63, 3.8) is 0 Å². The Morgan fingerprint density at radius 2 is 1.88 bits per heavy atom. The molecule has 0 aromatic heterocycles. The molecule has 0 radical (unpaired) electrons. The number of halogens is 1. The molecule has 8 heteroatoms. The number of nitrogens with zero attached hydrogens (tertiary/aromatic N) is 2. The highest BCUT2D eigenvalue weighted by Crippen LogP contribution is 2.48. The molecule has 1 saturated heterocycles. The van der Waals surface area contributed by atoms with Gasteiger partial charge in [0.2, 0.25) is 11.8 Å². The van der Waals surface area contributed by atoms with E-state index in [2.05, 4.69) is 22.0 Å². The highest BCUT2D eigenvalue weighted by molar-refractivity contribution is 6.31. The summed E-state index contributed by atoms with van der Waals surface area (Å²) in [5, 5.41) is 3.45. The quantitative estimate of drug-likeness (QED) is 0.500. The molecule has 7 nitrogen and oxygen atoms in total. The Hall–Kier alpha value is -2.12. The molecule has 2 amide bonds. The molecule has 1 atom stereocenters. The first-order valence-electron chi connectivity index (χ1n) is 12.0. The number of nitrogens with one attached hydrogen (secondary N) is 1. The molecule has 0 bridgehead atoms. The zero-order valence-corrected chi connectivity index (χ0v) is 20.5. The Kier molecular flexibility index (Phi) is 7.01. The van der Waals surface area contributed by atoms with Crippen molar-refractivity contribution in [1.29, 1.82) is 0 Å². The number of amides is 2. The third-order valence-corrected chi connectivity index (χ3v) is 7.80. The van der Waals surface area contributed by atoms with Crippen LogP contribution in [0.15, 0.2) is 12.1 Å². The van der Waals surface area contributed by atoms with Gasteiger partial charge in [0.05, 0.1) is 7.11 Å². The number of esters is 1. The normalized spacial score (nSPS) is 22.8. The van der Waals surface area contributed by atoms with E-state index in [0.717, 1.165) is 43.6 Å². The second-order valence-electron chi connectivity index (χ2n) is 9.86. The number of carbonyl (C=O) groups is 3. The van der Waals surface area contributed by atoms with Crippen molar-refractivity contribution in [2.24, 2.45) is 11.3 Å². The van der Waals surface area contributed by atoms with Crippen molar-refractivity contribution in [3.8, 4) is 0 Å². The summed E-state index contributed by atoms with van der Waals surface area (Å²) in [4.78, 5) is 42.2. The lowest BCUT2D eigenvalue weighted by Crippen LogP contribution is -2.54. The maximum absolute atomic E-state index is 12.9. The van der Waals surface area contributed by atoms with Crippen LogP contribution in [-0.2, 0) is 25.7 Å². The first-order chi connectivity index (χ1) is 15.7. The molecule has 1 heterocycles. The first-order valence-corrected chi connectivity index (χ1v) is 12.3. The van der Waals surface area contributed by atoms with Gasteiger partial charge in [-0.2, -0.15) is 0 Å². The van der Waals surface area contributed by atoms with Crippen molar-refractivity contribution in [2.75, 3.05) is 32.1 Å². The van der Waals surface area contributed by atoms with Crippen LogP contribution in [-0.4, -0.2) is 60.4 Å². The third kappa shape index (κ3) is 4.90. The van der Waals surface area contributed by atoms with Crippen molar-refractivity contribution in [3.05, 3.63) is 28.3 Å². The second kappa shape index (κ2) is 9.63. The molecule has 2 saturated carbocycles. The number of hydrogen-bond donors (Lipinski definition) is 1. The van der Waals surface area contributed by atoms with Crippen molar-refractivity contribution >= 4 is 35.1 Å². The van der Waals surface area contributed by atoms with E-state index < -0.39 is 11.4 Å². The molecule has 3 fully saturated rings. The van der Waals surface area contributed by atoms with Crippen LogP contribution in [0, 0.1) is 18.3 Å². The minimum absolute atomic E-state index is 0.167. The van der Waals surface area contributed by atoms with E-state index in [-0.39, 0.29) is 17.9 Å². The van der Waals surface area contributed by atoms with E-state index in [9.17, 15) is 14.4 Å². The Labute approximate surface area is 200 Å². The summed E-state index contributed by atoms with van der Waals surface area (Å²) in [6, 6.07) is 3.83. The maximum atomic E-state index is 12.9. The first kappa shape index (κ1) is 24.0.